The number of nitrogens with one attached hydrogen (secondary N) is 1. The zero-order chi connectivity index (χ0) is 13.8. The van der Waals surface area contributed by atoms with Gasteiger partial charge in [-0.25, -0.2) is 4.79 Å². The smallest absolute Gasteiger partial charge is 0.338 e. The molecule has 1 saturated carbocycles. The SMILES string of the molecule is O=C(OCC1CCCCC1)c1ccc2c(c1)CCCN2. The average Bonchev–Trinajstić information content (AvgIpc) is 2.53. The van der Waals surface area contributed by atoms with Crippen molar-refractivity contribution in [2.75, 3.05) is 18.5 Å². The Bertz CT molecular complexity index is 478. The zero-order valence-corrected chi connectivity index (χ0v) is 12.0. The van der Waals surface area contributed by atoms with E-state index in [1.807, 2.05) is 18.2 Å². The molecule has 3 nitrogen and oxygen atoms in total. The van der Waals surface area contributed by atoms with E-state index in [0.29, 0.717) is 18.1 Å². The number of hydrogen-bond acceptors (Lipinski definition) is 3. The van der Waals surface area contributed by atoms with E-state index >= 15 is 0 Å². The van der Waals surface area contributed by atoms with Crippen LogP contribution in [-0.4, -0.2) is 19.1 Å². The summed E-state index contributed by atoms with van der Waals surface area (Å²) >= 11 is 0. The van der Waals surface area contributed by atoms with Gasteiger partial charge in [0.05, 0.1) is 12.2 Å². The van der Waals surface area contributed by atoms with Crippen LogP contribution in [-0.2, 0) is 11.2 Å². The first kappa shape index (κ1) is 13.5. The van der Waals surface area contributed by atoms with Crippen LogP contribution in [0.4, 0.5) is 5.69 Å². The van der Waals surface area contributed by atoms with Crippen molar-refractivity contribution in [3.63, 3.8) is 0 Å². The third-order valence-corrected chi connectivity index (χ3v) is 4.45. The highest BCUT2D eigenvalue weighted by atomic mass is 16.5. The summed E-state index contributed by atoms with van der Waals surface area (Å²) in [6.07, 6.45) is 8.50. The summed E-state index contributed by atoms with van der Waals surface area (Å²) in [6, 6.07) is 5.87. The van der Waals surface area contributed by atoms with Gasteiger partial charge in [-0.15, -0.1) is 0 Å². The fourth-order valence-corrected chi connectivity index (χ4v) is 3.23. The summed E-state index contributed by atoms with van der Waals surface area (Å²) < 4.78 is 5.50. The summed E-state index contributed by atoms with van der Waals surface area (Å²) in [4.78, 5) is 12.1. The van der Waals surface area contributed by atoms with Crippen molar-refractivity contribution < 1.29 is 9.53 Å². The van der Waals surface area contributed by atoms with Crippen LogP contribution in [0.2, 0.25) is 0 Å². The van der Waals surface area contributed by atoms with E-state index < -0.39 is 0 Å². The van der Waals surface area contributed by atoms with Crippen molar-refractivity contribution in [2.45, 2.75) is 44.9 Å². The molecule has 0 saturated heterocycles. The first-order valence-electron chi connectivity index (χ1n) is 7.87. The van der Waals surface area contributed by atoms with E-state index in [1.165, 1.54) is 43.4 Å². The van der Waals surface area contributed by atoms with Gasteiger partial charge < -0.3 is 10.1 Å². The second-order valence-electron chi connectivity index (χ2n) is 6.00. The maximum Gasteiger partial charge on any atom is 0.338 e. The number of aryl methyl sites for hydroxylation is 1. The molecule has 3 rings (SSSR count). The van der Waals surface area contributed by atoms with Crippen LogP contribution in [0, 0.1) is 5.92 Å². The van der Waals surface area contributed by atoms with Gasteiger partial charge in [0.25, 0.3) is 0 Å². The van der Waals surface area contributed by atoms with Gasteiger partial charge in [0.1, 0.15) is 0 Å². The molecule has 2 aliphatic rings. The minimum absolute atomic E-state index is 0.163. The molecule has 0 atom stereocenters. The van der Waals surface area contributed by atoms with Gasteiger partial charge in [0.2, 0.25) is 0 Å². The van der Waals surface area contributed by atoms with Gasteiger partial charge in [-0.1, -0.05) is 19.3 Å². The van der Waals surface area contributed by atoms with E-state index in [2.05, 4.69) is 5.32 Å². The summed E-state index contributed by atoms with van der Waals surface area (Å²) in [5.41, 5.74) is 3.10. The minimum Gasteiger partial charge on any atom is -0.462 e. The van der Waals surface area contributed by atoms with Gasteiger partial charge in [-0.05, 0) is 55.4 Å². The Hall–Kier alpha value is -1.51. The summed E-state index contributed by atoms with van der Waals surface area (Å²) in [5.74, 6) is 0.413. The molecule has 1 heterocycles. The Labute approximate surface area is 120 Å². The first-order valence-corrected chi connectivity index (χ1v) is 7.87. The predicted octanol–water partition coefficient (Wildman–Crippen LogP) is 3.78. The second kappa shape index (κ2) is 6.29. The van der Waals surface area contributed by atoms with Gasteiger partial charge >= 0.3 is 5.97 Å². The molecule has 1 fully saturated rings. The Balaban J connectivity index is 1.59. The number of benzene rings is 1. The molecule has 1 aliphatic carbocycles. The van der Waals surface area contributed by atoms with Gasteiger partial charge in [-0.2, -0.15) is 0 Å². The van der Waals surface area contributed by atoms with Crippen molar-refractivity contribution in [2.24, 2.45) is 5.92 Å². The third kappa shape index (κ3) is 3.14. The van der Waals surface area contributed by atoms with Crippen LogP contribution < -0.4 is 5.32 Å². The maximum absolute atomic E-state index is 12.1. The Morgan fingerprint density at radius 3 is 2.90 bits per heavy atom. The van der Waals surface area contributed by atoms with Gasteiger partial charge in [0, 0.05) is 12.2 Å². The van der Waals surface area contributed by atoms with Gasteiger partial charge in [-0.3, -0.25) is 0 Å². The second-order valence-corrected chi connectivity index (χ2v) is 6.00. The molecule has 1 aliphatic heterocycles. The van der Waals surface area contributed by atoms with Crippen LogP contribution >= 0.6 is 0 Å². The van der Waals surface area contributed by atoms with Crippen molar-refractivity contribution in [3.05, 3.63) is 29.3 Å². The molecule has 0 radical (unpaired) electrons. The lowest BCUT2D eigenvalue weighted by molar-refractivity contribution is 0.0410. The molecule has 1 N–H and O–H groups in total. The number of fused-ring (bicyclic) bond motifs is 1. The monoisotopic (exact) mass is 273 g/mol. The lowest BCUT2D eigenvalue weighted by Gasteiger charge is -2.21. The number of carbonyl (C=O) groups is 1. The number of rotatable bonds is 3. The maximum atomic E-state index is 12.1. The van der Waals surface area contributed by atoms with Crippen LogP contribution in [0.15, 0.2) is 18.2 Å². The standard InChI is InChI=1S/C17H23NO2/c19-17(20-12-13-5-2-1-3-6-13)15-8-9-16-14(11-15)7-4-10-18-16/h8-9,11,13,18H,1-7,10,12H2. The van der Waals surface area contributed by atoms with Crippen molar-refractivity contribution in [1.29, 1.82) is 0 Å². The number of anilines is 1. The van der Waals surface area contributed by atoms with Crippen LogP contribution in [0.1, 0.15) is 54.4 Å². The van der Waals surface area contributed by atoms with E-state index in [9.17, 15) is 4.79 Å². The fourth-order valence-electron chi connectivity index (χ4n) is 3.23. The Kier molecular flexibility index (Phi) is 4.24. The Morgan fingerprint density at radius 1 is 1.20 bits per heavy atom. The molecular weight excluding hydrogens is 250 g/mol. The van der Waals surface area contributed by atoms with E-state index in [0.717, 1.165) is 19.4 Å². The molecule has 3 heteroatoms. The molecule has 0 bridgehead atoms. The first-order chi connectivity index (χ1) is 9.83. The summed E-state index contributed by atoms with van der Waals surface area (Å²) in [6.45, 7) is 1.62. The highest BCUT2D eigenvalue weighted by molar-refractivity contribution is 5.90. The predicted molar refractivity (Wildman–Crippen MR) is 80.1 cm³/mol. The summed E-state index contributed by atoms with van der Waals surface area (Å²) in [7, 11) is 0. The lowest BCUT2D eigenvalue weighted by Crippen LogP contribution is -2.17. The van der Waals surface area contributed by atoms with Crippen LogP contribution in [0.3, 0.4) is 0 Å². The summed E-state index contributed by atoms with van der Waals surface area (Å²) in [5, 5.41) is 3.36. The zero-order valence-electron chi connectivity index (χ0n) is 12.0. The van der Waals surface area contributed by atoms with Crippen LogP contribution in [0.5, 0.6) is 0 Å². The number of carbonyl (C=O) groups excluding carboxylic acids is 1. The van der Waals surface area contributed by atoms with E-state index in [4.69, 9.17) is 4.74 Å². The molecule has 0 unspecified atom stereocenters. The topological polar surface area (TPSA) is 38.3 Å². The normalized spacial score (nSPS) is 19.0. The molecular formula is C17H23NO2. The highest BCUT2D eigenvalue weighted by Crippen LogP contribution is 2.25. The largest absolute Gasteiger partial charge is 0.462 e. The van der Waals surface area contributed by atoms with Crippen LogP contribution in [0.25, 0.3) is 0 Å². The fraction of sp³-hybridized carbons (Fsp3) is 0.588. The van der Waals surface area contributed by atoms with E-state index in [1.54, 1.807) is 0 Å². The molecule has 20 heavy (non-hydrogen) atoms. The van der Waals surface area contributed by atoms with E-state index in [-0.39, 0.29) is 5.97 Å². The molecule has 0 amide bonds. The quantitative estimate of drug-likeness (QED) is 0.852. The molecule has 1 aromatic rings. The lowest BCUT2D eigenvalue weighted by atomic mass is 9.90. The highest BCUT2D eigenvalue weighted by Gasteiger charge is 2.17. The van der Waals surface area contributed by atoms with Crippen molar-refractivity contribution in [3.8, 4) is 0 Å². The van der Waals surface area contributed by atoms with Crippen molar-refractivity contribution in [1.82, 2.24) is 0 Å². The molecule has 1 aromatic carbocycles. The molecule has 108 valence electrons. The average molecular weight is 273 g/mol. The van der Waals surface area contributed by atoms with Crippen molar-refractivity contribution >= 4 is 11.7 Å². The number of esters is 1. The minimum atomic E-state index is -0.163. The number of hydrogen-bond donors (Lipinski definition) is 1. The molecule has 0 spiro atoms. The Morgan fingerprint density at radius 2 is 2.05 bits per heavy atom. The molecule has 0 aromatic heterocycles. The van der Waals surface area contributed by atoms with Gasteiger partial charge in [0.15, 0.2) is 0 Å². The number of ether oxygens (including phenoxy) is 1. The third-order valence-electron chi connectivity index (χ3n) is 4.45.